The predicted molar refractivity (Wildman–Crippen MR) is 79.0 cm³/mol. The molecule has 1 heteroatoms. The number of benzene rings is 1. The fourth-order valence-corrected chi connectivity index (χ4v) is 6.22. The lowest BCUT2D eigenvalue weighted by molar-refractivity contribution is -0.0870. The molecule has 0 aliphatic heterocycles. The summed E-state index contributed by atoms with van der Waals surface area (Å²) in [6.45, 7) is 2.38. The van der Waals surface area contributed by atoms with Gasteiger partial charge < -0.3 is 5.73 Å². The van der Waals surface area contributed by atoms with Gasteiger partial charge in [-0.15, -0.1) is 0 Å². The number of hydrogen-bond acceptors (Lipinski definition) is 1. The van der Waals surface area contributed by atoms with E-state index < -0.39 is 0 Å². The van der Waals surface area contributed by atoms with Gasteiger partial charge in [0.1, 0.15) is 0 Å². The lowest BCUT2D eigenvalue weighted by Gasteiger charge is -2.66. The van der Waals surface area contributed by atoms with Gasteiger partial charge >= 0.3 is 0 Å². The molecule has 4 saturated carbocycles. The van der Waals surface area contributed by atoms with Crippen LogP contribution in [0.4, 0.5) is 0 Å². The van der Waals surface area contributed by atoms with Crippen molar-refractivity contribution in [1.29, 1.82) is 0 Å². The third kappa shape index (κ3) is 1.64. The summed E-state index contributed by atoms with van der Waals surface area (Å²) in [6.07, 6.45) is 9.31. The first-order valence-electron chi connectivity index (χ1n) is 7.92. The zero-order valence-electron chi connectivity index (χ0n) is 12.0. The molecule has 102 valence electrons. The van der Waals surface area contributed by atoms with Crippen LogP contribution < -0.4 is 5.73 Å². The monoisotopic (exact) mass is 255 g/mol. The van der Waals surface area contributed by atoms with Gasteiger partial charge in [0.25, 0.3) is 0 Å². The summed E-state index contributed by atoms with van der Waals surface area (Å²) in [7, 11) is 0. The molecule has 19 heavy (non-hydrogen) atoms. The fraction of sp³-hybridized carbons (Fsp3) is 0.667. The van der Waals surface area contributed by atoms with Crippen molar-refractivity contribution in [2.24, 2.45) is 17.1 Å². The molecule has 0 aromatic heterocycles. The van der Waals surface area contributed by atoms with Gasteiger partial charge in [-0.1, -0.05) is 43.7 Å². The molecule has 4 bridgehead atoms. The van der Waals surface area contributed by atoms with Gasteiger partial charge in [0.2, 0.25) is 0 Å². The Kier molecular flexibility index (Phi) is 2.29. The zero-order chi connectivity index (χ0) is 13.1. The van der Waals surface area contributed by atoms with Crippen molar-refractivity contribution in [2.75, 3.05) is 0 Å². The van der Waals surface area contributed by atoms with E-state index in [0.29, 0.717) is 10.8 Å². The van der Waals surface area contributed by atoms with Crippen LogP contribution in [0.3, 0.4) is 0 Å². The van der Waals surface area contributed by atoms with Crippen molar-refractivity contribution in [3.63, 3.8) is 0 Å². The van der Waals surface area contributed by atoms with Gasteiger partial charge in [-0.05, 0) is 60.8 Å². The molecule has 5 rings (SSSR count). The van der Waals surface area contributed by atoms with Crippen LogP contribution in [0.1, 0.15) is 57.4 Å². The third-order valence-corrected chi connectivity index (χ3v) is 6.36. The van der Waals surface area contributed by atoms with Gasteiger partial charge in [-0.2, -0.15) is 0 Å². The van der Waals surface area contributed by atoms with Crippen LogP contribution in [-0.4, -0.2) is 5.54 Å². The van der Waals surface area contributed by atoms with Crippen LogP contribution >= 0.6 is 0 Å². The minimum Gasteiger partial charge on any atom is -0.325 e. The van der Waals surface area contributed by atoms with Crippen molar-refractivity contribution in [3.8, 4) is 0 Å². The van der Waals surface area contributed by atoms with Crippen molar-refractivity contribution in [3.05, 3.63) is 35.9 Å². The van der Waals surface area contributed by atoms with E-state index in [9.17, 15) is 0 Å². The predicted octanol–water partition coefficient (Wildman–Crippen LogP) is 4.02. The summed E-state index contributed by atoms with van der Waals surface area (Å²) in [5.41, 5.74) is 9.44. The molecule has 0 heterocycles. The summed E-state index contributed by atoms with van der Waals surface area (Å²) in [5.74, 6) is 0.876. The second kappa shape index (κ2) is 3.63. The first kappa shape index (κ1) is 12.0. The minimum atomic E-state index is 0.130. The van der Waals surface area contributed by atoms with Crippen LogP contribution in [0, 0.1) is 11.3 Å². The summed E-state index contributed by atoms with van der Waals surface area (Å²) < 4.78 is 0. The van der Waals surface area contributed by atoms with E-state index in [2.05, 4.69) is 37.3 Å². The molecule has 4 unspecified atom stereocenters. The summed E-state index contributed by atoms with van der Waals surface area (Å²) in [6, 6.07) is 11.2. The number of hydrogen-bond donors (Lipinski definition) is 1. The molecule has 1 aromatic rings. The fourth-order valence-electron chi connectivity index (χ4n) is 6.22. The Morgan fingerprint density at radius 1 is 1.05 bits per heavy atom. The summed E-state index contributed by atoms with van der Waals surface area (Å²) in [4.78, 5) is 0. The molecule has 2 N–H and O–H groups in total. The standard InChI is InChI=1S/C18H25N/c1-2-16-8-14-9-17(11-16,13-18(19,10-14)12-16)15-6-4-3-5-7-15/h3-7,14H,2,8-13,19H2,1H3. The van der Waals surface area contributed by atoms with Gasteiger partial charge in [0.05, 0.1) is 0 Å². The lowest BCUT2D eigenvalue weighted by atomic mass is 9.40. The molecule has 1 aromatic carbocycles. The highest BCUT2D eigenvalue weighted by Gasteiger charge is 2.61. The third-order valence-electron chi connectivity index (χ3n) is 6.36. The van der Waals surface area contributed by atoms with Gasteiger partial charge in [0.15, 0.2) is 0 Å². The van der Waals surface area contributed by atoms with Crippen LogP contribution in [0.15, 0.2) is 30.3 Å². The molecular weight excluding hydrogens is 230 g/mol. The van der Waals surface area contributed by atoms with Crippen molar-refractivity contribution in [1.82, 2.24) is 0 Å². The lowest BCUT2D eigenvalue weighted by Crippen LogP contribution is -2.65. The minimum absolute atomic E-state index is 0.130. The van der Waals surface area contributed by atoms with E-state index >= 15 is 0 Å². The second-order valence-electron chi connectivity index (χ2n) is 7.87. The Bertz CT molecular complexity index is 496. The smallest absolute Gasteiger partial charge is 0.0170 e. The van der Waals surface area contributed by atoms with E-state index in [-0.39, 0.29) is 5.54 Å². The van der Waals surface area contributed by atoms with Crippen molar-refractivity contribution >= 4 is 0 Å². The molecule has 0 spiro atoms. The average Bonchev–Trinajstić information content (AvgIpc) is 2.37. The maximum Gasteiger partial charge on any atom is 0.0170 e. The maximum absolute atomic E-state index is 6.80. The van der Waals surface area contributed by atoms with Crippen LogP contribution in [-0.2, 0) is 5.41 Å². The van der Waals surface area contributed by atoms with Gasteiger partial charge in [-0.3, -0.25) is 0 Å². The number of rotatable bonds is 2. The van der Waals surface area contributed by atoms with Crippen molar-refractivity contribution in [2.45, 2.75) is 62.8 Å². The van der Waals surface area contributed by atoms with Crippen LogP contribution in [0.5, 0.6) is 0 Å². The van der Waals surface area contributed by atoms with Crippen LogP contribution in [0.25, 0.3) is 0 Å². The normalized spacial score (nSPS) is 47.6. The highest BCUT2D eigenvalue weighted by Crippen LogP contribution is 2.67. The molecule has 0 radical (unpaired) electrons. The molecule has 1 nitrogen and oxygen atoms in total. The molecular formula is C18H25N. The van der Waals surface area contributed by atoms with Gasteiger partial charge in [0, 0.05) is 5.54 Å². The zero-order valence-corrected chi connectivity index (χ0v) is 12.0. The van der Waals surface area contributed by atoms with Crippen molar-refractivity contribution < 1.29 is 0 Å². The van der Waals surface area contributed by atoms with E-state index in [4.69, 9.17) is 5.73 Å². The van der Waals surface area contributed by atoms with E-state index in [1.807, 2.05) is 0 Å². The SMILES string of the molecule is CCC12CC3CC(N)(C1)CC(c1ccccc1)(C3)C2. The summed E-state index contributed by atoms with van der Waals surface area (Å²) >= 11 is 0. The molecule has 4 fully saturated rings. The first-order valence-corrected chi connectivity index (χ1v) is 7.92. The Morgan fingerprint density at radius 2 is 1.84 bits per heavy atom. The highest BCUT2D eigenvalue weighted by atomic mass is 14.8. The van der Waals surface area contributed by atoms with E-state index in [1.54, 1.807) is 5.56 Å². The highest BCUT2D eigenvalue weighted by molar-refractivity contribution is 5.32. The molecule has 4 aliphatic carbocycles. The average molecular weight is 255 g/mol. The molecule has 4 atom stereocenters. The molecule has 4 aliphatic rings. The Hall–Kier alpha value is -0.820. The first-order chi connectivity index (χ1) is 9.07. The Morgan fingerprint density at radius 3 is 2.53 bits per heavy atom. The Balaban J connectivity index is 1.82. The topological polar surface area (TPSA) is 26.0 Å². The number of nitrogens with two attached hydrogens (primary N) is 1. The largest absolute Gasteiger partial charge is 0.325 e. The quantitative estimate of drug-likeness (QED) is 0.848. The van der Waals surface area contributed by atoms with Crippen LogP contribution in [0.2, 0.25) is 0 Å². The summed E-state index contributed by atoms with van der Waals surface area (Å²) in [5, 5.41) is 0. The van der Waals surface area contributed by atoms with E-state index in [1.165, 1.54) is 44.9 Å². The van der Waals surface area contributed by atoms with E-state index in [0.717, 1.165) is 5.92 Å². The Labute approximate surface area is 116 Å². The van der Waals surface area contributed by atoms with Gasteiger partial charge in [-0.25, -0.2) is 0 Å². The molecule has 0 saturated heterocycles. The maximum atomic E-state index is 6.80. The second-order valence-corrected chi connectivity index (χ2v) is 7.87. The molecule has 0 amide bonds.